The second-order valence-corrected chi connectivity index (χ2v) is 5.23. The van der Waals surface area contributed by atoms with E-state index in [1.54, 1.807) is 0 Å². The first-order valence-electron chi connectivity index (χ1n) is 4.98. The van der Waals surface area contributed by atoms with Crippen molar-refractivity contribution in [1.82, 2.24) is 0 Å². The molecule has 0 saturated carbocycles. The lowest BCUT2D eigenvalue weighted by Gasteiger charge is -2.15. The van der Waals surface area contributed by atoms with Crippen LogP contribution in [0.15, 0.2) is 23.1 Å². The Balaban J connectivity index is 3.56. The monoisotopic (exact) mass is 287 g/mol. The number of primary sulfonamides is 1. The smallest absolute Gasteiger partial charge is 0.322 e. The summed E-state index contributed by atoms with van der Waals surface area (Å²) >= 11 is 0. The van der Waals surface area contributed by atoms with Gasteiger partial charge in [-0.1, -0.05) is 6.07 Å². The van der Waals surface area contributed by atoms with Crippen molar-refractivity contribution in [3.05, 3.63) is 23.8 Å². The maximum absolute atomic E-state index is 11.5. The van der Waals surface area contributed by atoms with E-state index in [0.717, 1.165) is 13.2 Å². The molecule has 0 aliphatic rings. The van der Waals surface area contributed by atoms with Crippen LogP contribution in [-0.2, 0) is 24.3 Å². The Hall–Kier alpha value is -2.13. The van der Waals surface area contributed by atoms with E-state index >= 15 is 0 Å². The summed E-state index contributed by atoms with van der Waals surface area (Å²) in [5.74, 6) is -3.61. The van der Waals surface area contributed by atoms with Crippen LogP contribution in [0, 0.1) is 0 Å². The van der Waals surface area contributed by atoms with E-state index in [0.29, 0.717) is 0 Å². The SMILES string of the molecule is COC(=O)C(C(N)=O)c1ccc(N)cc1S(N)(=O)=O. The van der Waals surface area contributed by atoms with E-state index < -0.39 is 32.7 Å². The number of anilines is 1. The molecule has 1 aromatic rings. The van der Waals surface area contributed by atoms with Gasteiger partial charge >= 0.3 is 5.97 Å². The van der Waals surface area contributed by atoms with Gasteiger partial charge in [0.15, 0.2) is 5.92 Å². The first-order valence-corrected chi connectivity index (χ1v) is 6.52. The second kappa shape index (κ2) is 5.24. The Morgan fingerprint density at radius 2 is 1.89 bits per heavy atom. The number of ether oxygens (including phenoxy) is 1. The molecule has 0 fully saturated rings. The summed E-state index contributed by atoms with van der Waals surface area (Å²) in [6.45, 7) is 0. The van der Waals surface area contributed by atoms with Crippen molar-refractivity contribution in [2.45, 2.75) is 10.8 Å². The molecular formula is C10H13N3O5S. The number of hydrogen-bond acceptors (Lipinski definition) is 6. The summed E-state index contributed by atoms with van der Waals surface area (Å²) in [5.41, 5.74) is 10.5. The van der Waals surface area contributed by atoms with Gasteiger partial charge in [0.2, 0.25) is 15.9 Å². The van der Waals surface area contributed by atoms with E-state index in [-0.39, 0.29) is 11.3 Å². The Morgan fingerprint density at radius 1 is 1.32 bits per heavy atom. The zero-order valence-electron chi connectivity index (χ0n) is 9.99. The van der Waals surface area contributed by atoms with E-state index in [2.05, 4.69) is 4.74 Å². The highest BCUT2D eigenvalue weighted by Gasteiger charge is 2.32. The molecule has 0 aliphatic carbocycles. The number of nitrogen functional groups attached to an aromatic ring is 1. The Labute approximate surface area is 109 Å². The van der Waals surface area contributed by atoms with Gasteiger partial charge in [-0.3, -0.25) is 9.59 Å². The summed E-state index contributed by atoms with van der Waals surface area (Å²) in [7, 11) is -3.12. The quantitative estimate of drug-likeness (QED) is 0.353. The number of primary amides is 1. The fourth-order valence-electron chi connectivity index (χ4n) is 1.55. The fourth-order valence-corrected chi connectivity index (χ4v) is 2.36. The van der Waals surface area contributed by atoms with Gasteiger partial charge in [0, 0.05) is 5.69 Å². The molecule has 19 heavy (non-hydrogen) atoms. The normalized spacial score (nSPS) is 12.7. The molecule has 0 bridgehead atoms. The minimum atomic E-state index is -4.17. The largest absolute Gasteiger partial charge is 0.468 e. The Bertz CT molecular complexity index is 626. The maximum Gasteiger partial charge on any atom is 0.322 e. The van der Waals surface area contributed by atoms with Crippen molar-refractivity contribution in [2.24, 2.45) is 10.9 Å². The number of benzene rings is 1. The van der Waals surface area contributed by atoms with Crippen LogP contribution in [0.2, 0.25) is 0 Å². The van der Waals surface area contributed by atoms with Gasteiger partial charge < -0.3 is 16.2 Å². The molecule has 1 atom stereocenters. The Morgan fingerprint density at radius 3 is 2.32 bits per heavy atom. The lowest BCUT2D eigenvalue weighted by Crippen LogP contribution is -2.31. The highest BCUT2D eigenvalue weighted by Crippen LogP contribution is 2.26. The minimum Gasteiger partial charge on any atom is -0.468 e. The molecule has 8 nitrogen and oxygen atoms in total. The van der Waals surface area contributed by atoms with Gasteiger partial charge in [-0.15, -0.1) is 0 Å². The van der Waals surface area contributed by atoms with Crippen LogP contribution in [0.5, 0.6) is 0 Å². The van der Waals surface area contributed by atoms with Crippen LogP contribution < -0.4 is 16.6 Å². The number of carbonyl (C=O) groups excluding carboxylic acids is 2. The maximum atomic E-state index is 11.5. The molecule has 0 spiro atoms. The molecular weight excluding hydrogens is 274 g/mol. The topological polar surface area (TPSA) is 156 Å². The third kappa shape index (κ3) is 3.20. The van der Waals surface area contributed by atoms with Gasteiger partial charge in [-0.25, -0.2) is 13.6 Å². The number of carbonyl (C=O) groups is 2. The van der Waals surface area contributed by atoms with Gasteiger partial charge in [0.1, 0.15) is 0 Å². The van der Waals surface area contributed by atoms with Gasteiger partial charge in [-0.2, -0.15) is 0 Å². The van der Waals surface area contributed by atoms with Crippen LogP contribution in [0.1, 0.15) is 11.5 Å². The molecule has 0 heterocycles. The van der Waals surface area contributed by atoms with Gasteiger partial charge in [0.25, 0.3) is 0 Å². The summed E-state index contributed by atoms with van der Waals surface area (Å²) in [6.07, 6.45) is 0. The average molecular weight is 287 g/mol. The van der Waals surface area contributed by atoms with E-state index in [1.165, 1.54) is 12.1 Å². The van der Waals surface area contributed by atoms with E-state index in [1.807, 2.05) is 0 Å². The van der Waals surface area contributed by atoms with Crippen molar-refractivity contribution in [3.8, 4) is 0 Å². The number of amides is 1. The number of hydrogen-bond donors (Lipinski definition) is 3. The zero-order chi connectivity index (χ0) is 14.8. The molecule has 1 rings (SSSR count). The number of sulfonamides is 1. The van der Waals surface area contributed by atoms with Crippen LogP contribution in [0.4, 0.5) is 5.69 Å². The number of rotatable bonds is 4. The number of esters is 1. The predicted molar refractivity (Wildman–Crippen MR) is 66.2 cm³/mol. The third-order valence-corrected chi connectivity index (χ3v) is 3.34. The number of nitrogens with two attached hydrogens (primary N) is 3. The van der Waals surface area contributed by atoms with Crippen LogP contribution in [0.3, 0.4) is 0 Å². The highest BCUT2D eigenvalue weighted by atomic mass is 32.2. The molecule has 1 unspecified atom stereocenters. The number of methoxy groups -OCH3 is 1. The lowest BCUT2D eigenvalue weighted by atomic mass is 9.98. The third-order valence-electron chi connectivity index (χ3n) is 2.38. The lowest BCUT2D eigenvalue weighted by molar-refractivity contribution is -0.145. The van der Waals surface area contributed by atoms with Crippen LogP contribution >= 0.6 is 0 Å². The second-order valence-electron chi connectivity index (χ2n) is 3.70. The predicted octanol–water partition coefficient (Wildman–Crippen LogP) is -1.34. The summed E-state index contributed by atoms with van der Waals surface area (Å²) < 4.78 is 27.3. The first kappa shape index (κ1) is 14.9. The van der Waals surface area contributed by atoms with Crippen molar-refractivity contribution in [1.29, 1.82) is 0 Å². The Kier molecular flexibility index (Phi) is 4.12. The van der Waals surface area contributed by atoms with Gasteiger partial charge in [0.05, 0.1) is 12.0 Å². The minimum absolute atomic E-state index is 0.112. The molecule has 0 aliphatic heterocycles. The van der Waals surface area contributed by atoms with Crippen LogP contribution in [-0.4, -0.2) is 27.4 Å². The zero-order valence-corrected chi connectivity index (χ0v) is 10.8. The fraction of sp³-hybridized carbons (Fsp3) is 0.200. The molecule has 0 aromatic heterocycles. The molecule has 9 heteroatoms. The molecule has 104 valence electrons. The molecule has 0 saturated heterocycles. The van der Waals surface area contributed by atoms with E-state index in [9.17, 15) is 18.0 Å². The summed E-state index contributed by atoms with van der Waals surface area (Å²) in [5, 5.41) is 5.02. The van der Waals surface area contributed by atoms with Crippen molar-refractivity contribution in [3.63, 3.8) is 0 Å². The van der Waals surface area contributed by atoms with Crippen molar-refractivity contribution < 1.29 is 22.7 Å². The average Bonchev–Trinajstić information content (AvgIpc) is 2.29. The van der Waals surface area contributed by atoms with Crippen molar-refractivity contribution >= 4 is 27.6 Å². The molecule has 1 aromatic carbocycles. The summed E-state index contributed by atoms with van der Waals surface area (Å²) in [4.78, 5) is 22.4. The molecule has 6 N–H and O–H groups in total. The van der Waals surface area contributed by atoms with Gasteiger partial charge in [-0.05, 0) is 17.7 Å². The van der Waals surface area contributed by atoms with Crippen molar-refractivity contribution in [2.75, 3.05) is 12.8 Å². The van der Waals surface area contributed by atoms with Crippen LogP contribution in [0.25, 0.3) is 0 Å². The molecule has 0 radical (unpaired) electrons. The standard InChI is InChI=1S/C10H13N3O5S/c1-18-10(15)8(9(12)14)6-3-2-5(11)4-7(6)19(13,16)17/h2-4,8H,11H2,1H3,(H2,12,14)(H2,13,16,17). The first-order chi connectivity index (χ1) is 8.68. The van der Waals surface area contributed by atoms with E-state index in [4.69, 9.17) is 16.6 Å². The molecule has 1 amide bonds. The summed E-state index contributed by atoms with van der Waals surface area (Å²) in [6, 6.07) is 3.56. The highest BCUT2D eigenvalue weighted by molar-refractivity contribution is 7.89.